The molecule has 1 rings (SSSR count). The molecule has 0 N–H and O–H groups in total. The van der Waals surface area contributed by atoms with E-state index in [0.29, 0.717) is 5.56 Å². The third kappa shape index (κ3) is 4.67. The topological polar surface area (TPSA) is 9.23 Å². The van der Waals surface area contributed by atoms with Gasteiger partial charge in [0.2, 0.25) is 0 Å². The number of halogens is 3. The van der Waals surface area contributed by atoms with Crippen LogP contribution in [0, 0.1) is 0 Å². The van der Waals surface area contributed by atoms with Crippen molar-refractivity contribution in [1.82, 2.24) is 0 Å². The Morgan fingerprint density at radius 3 is 1.94 bits per heavy atom. The number of benzene rings is 1. The van der Waals surface area contributed by atoms with E-state index in [2.05, 4.69) is 0 Å². The fourth-order valence-electron chi connectivity index (χ4n) is 1.24. The first-order chi connectivity index (χ1) is 7.84. The lowest BCUT2D eigenvalue weighted by atomic mass is 10.00. The van der Waals surface area contributed by atoms with Gasteiger partial charge in [0.1, 0.15) is 5.75 Å². The third-order valence-corrected chi connectivity index (χ3v) is 2.16. The predicted molar refractivity (Wildman–Crippen MR) is 63.4 cm³/mol. The zero-order valence-electron chi connectivity index (χ0n) is 10.9. The first-order valence-corrected chi connectivity index (χ1v) is 5.60. The Bertz CT molecular complexity index is 343. The molecule has 1 aromatic carbocycles. The molecule has 17 heavy (non-hydrogen) atoms. The van der Waals surface area contributed by atoms with Crippen LogP contribution in [0.4, 0.5) is 13.2 Å². The van der Waals surface area contributed by atoms with Crippen LogP contribution in [0.1, 0.15) is 44.7 Å². The van der Waals surface area contributed by atoms with Gasteiger partial charge >= 0.3 is 6.18 Å². The van der Waals surface area contributed by atoms with Gasteiger partial charge in [-0.1, -0.05) is 27.7 Å². The van der Waals surface area contributed by atoms with E-state index in [1.165, 1.54) is 7.11 Å². The lowest BCUT2D eigenvalue weighted by Gasteiger charge is -2.13. The number of hydrogen-bond acceptors (Lipinski definition) is 1. The minimum absolute atomic E-state index is 0.0428. The van der Waals surface area contributed by atoms with Crippen LogP contribution in [0.2, 0.25) is 0 Å². The van der Waals surface area contributed by atoms with Crippen molar-refractivity contribution in [3.8, 4) is 5.75 Å². The summed E-state index contributed by atoms with van der Waals surface area (Å²) in [5.41, 5.74) is -0.0350. The first kappa shape index (κ1) is 15.8. The Morgan fingerprint density at radius 2 is 1.59 bits per heavy atom. The van der Waals surface area contributed by atoms with Gasteiger partial charge in [-0.3, -0.25) is 0 Å². The highest BCUT2D eigenvalue weighted by molar-refractivity contribution is 5.37. The number of hydrogen-bond donors (Lipinski definition) is 0. The first-order valence-electron chi connectivity index (χ1n) is 5.60. The number of ether oxygens (including phenoxy) is 1. The van der Waals surface area contributed by atoms with Crippen molar-refractivity contribution in [2.75, 3.05) is 7.11 Å². The Hall–Kier alpha value is -1.19. The van der Waals surface area contributed by atoms with Gasteiger partial charge in [0, 0.05) is 0 Å². The monoisotopic (exact) mass is 248 g/mol. The van der Waals surface area contributed by atoms with E-state index < -0.39 is 11.7 Å². The van der Waals surface area contributed by atoms with Crippen molar-refractivity contribution in [3.05, 3.63) is 29.3 Å². The minimum atomic E-state index is -4.32. The van der Waals surface area contributed by atoms with Crippen LogP contribution in [0.15, 0.2) is 18.2 Å². The fourth-order valence-corrected chi connectivity index (χ4v) is 1.24. The van der Waals surface area contributed by atoms with Crippen molar-refractivity contribution in [3.63, 3.8) is 0 Å². The van der Waals surface area contributed by atoms with Crippen LogP contribution < -0.4 is 4.74 Å². The van der Waals surface area contributed by atoms with Crippen molar-refractivity contribution in [1.29, 1.82) is 0 Å². The zero-order chi connectivity index (χ0) is 13.6. The van der Waals surface area contributed by atoms with E-state index in [-0.39, 0.29) is 11.7 Å². The molecule has 0 saturated heterocycles. The summed E-state index contributed by atoms with van der Waals surface area (Å²) in [6.45, 7) is 7.68. The maximum atomic E-state index is 12.5. The van der Waals surface area contributed by atoms with Crippen LogP contribution >= 0.6 is 0 Å². The smallest absolute Gasteiger partial charge is 0.416 e. The second-order valence-corrected chi connectivity index (χ2v) is 3.65. The van der Waals surface area contributed by atoms with E-state index in [4.69, 9.17) is 4.74 Å². The molecule has 4 heteroatoms. The predicted octanol–water partition coefficient (Wildman–Crippen LogP) is 4.86. The Morgan fingerprint density at radius 1 is 1.06 bits per heavy atom. The van der Waals surface area contributed by atoms with Crippen LogP contribution in [0.3, 0.4) is 0 Å². The van der Waals surface area contributed by atoms with Crippen LogP contribution in [-0.2, 0) is 6.18 Å². The molecule has 0 fully saturated rings. The van der Waals surface area contributed by atoms with Gasteiger partial charge in [0.05, 0.1) is 12.7 Å². The molecule has 0 aliphatic heterocycles. The van der Waals surface area contributed by atoms with E-state index in [1.807, 2.05) is 27.7 Å². The third-order valence-electron chi connectivity index (χ3n) is 2.16. The molecule has 0 spiro atoms. The summed E-state index contributed by atoms with van der Waals surface area (Å²) in [6.07, 6.45) is -4.32. The van der Waals surface area contributed by atoms with Crippen LogP contribution in [-0.4, -0.2) is 7.11 Å². The summed E-state index contributed by atoms with van der Waals surface area (Å²) in [4.78, 5) is 0. The summed E-state index contributed by atoms with van der Waals surface area (Å²) in [5.74, 6) is 0.287. The Balaban J connectivity index is 0.00000121. The summed E-state index contributed by atoms with van der Waals surface area (Å²) in [7, 11) is 1.36. The summed E-state index contributed by atoms with van der Waals surface area (Å²) in [5, 5.41) is 0. The van der Waals surface area contributed by atoms with Crippen molar-refractivity contribution in [2.45, 2.75) is 39.8 Å². The van der Waals surface area contributed by atoms with Crippen molar-refractivity contribution < 1.29 is 17.9 Å². The Labute approximate surface area is 101 Å². The molecular formula is C13H19F3O. The molecule has 1 nitrogen and oxygen atoms in total. The second kappa shape index (κ2) is 6.52. The highest BCUT2D eigenvalue weighted by atomic mass is 19.4. The maximum Gasteiger partial charge on any atom is 0.416 e. The SMILES string of the molecule is CC.COc1cc(C(C)C)cc(C(F)(F)F)c1. The summed E-state index contributed by atoms with van der Waals surface area (Å²) in [6, 6.07) is 3.79. The zero-order valence-corrected chi connectivity index (χ0v) is 10.9. The van der Waals surface area contributed by atoms with Gasteiger partial charge in [-0.2, -0.15) is 13.2 Å². The normalized spacial score (nSPS) is 10.9. The molecule has 0 radical (unpaired) electrons. The van der Waals surface area contributed by atoms with Gasteiger partial charge in [0.25, 0.3) is 0 Å². The van der Waals surface area contributed by atoms with E-state index in [0.717, 1.165) is 12.1 Å². The lowest BCUT2D eigenvalue weighted by Crippen LogP contribution is -2.06. The molecule has 0 aliphatic carbocycles. The molecule has 0 aromatic heterocycles. The van der Waals surface area contributed by atoms with Gasteiger partial charge in [-0.25, -0.2) is 0 Å². The lowest BCUT2D eigenvalue weighted by molar-refractivity contribution is -0.137. The Kier molecular flexibility index (Phi) is 6.07. The average molecular weight is 248 g/mol. The summed E-state index contributed by atoms with van der Waals surface area (Å²) >= 11 is 0. The number of alkyl halides is 3. The molecular weight excluding hydrogens is 229 g/mol. The number of rotatable bonds is 2. The largest absolute Gasteiger partial charge is 0.497 e. The molecule has 1 aromatic rings. The molecule has 0 heterocycles. The quantitative estimate of drug-likeness (QED) is 0.726. The van der Waals surface area contributed by atoms with Gasteiger partial charge < -0.3 is 4.74 Å². The van der Waals surface area contributed by atoms with Crippen molar-refractivity contribution in [2.24, 2.45) is 0 Å². The average Bonchev–Trinajstić information content (AvgIpc) is 2.29. The van der Waals surface area contributed by atoms with Crippen LogP contribution in [0.5, 0.6) is 5.75 Å². The minimum Gasteiger partial charge on any atom is -0.497 e. The fraction of sp³-hybridized carbons (Fsp3) is 0.538. The summed E-state index contributed by atoms with van der Waals surface area (Å²) < 4.78 is 42.3. The molecule has 0 atom stereocenters. The number of methoxy groups -OCH3 is 1. The van der Waals surface area contributed by atoms with E-state index >= 15 is 0 Å². The van der Waals surface area contributed by atoms with Gasteiger partial charge in [-0.05, 0) is 29.7 Å². The van der Waals surface area contributed by atoms with Crippen molar-refractivity contribution >= 4 is 0 Å². The molecule has 0 aliphatic rings. The maximum absolute atomic E-state index is 12.5. The highest BCUT2D eigenvalue weighted by Gasteiger charge is 2.31. The van der Waals surface area contributed by atoms with Crippen LogP contribution in [0.25, 0.3) is 0 Å². The molecule has 0 saturated carbocycles. The van der Waals surface area contributed by atoms with E-state index in [9.17, 15) is 13.2 Å². The molecule has 0 amide bonds. The highest BCUT2D eigenvalue weighted by Crippen LogP contribution is 2.34. The molecule has 0 bridgehead atoms. The molecule has 98 valence electrons. The van der Waals surface area contributed by atoms with Gasteiger partial charge in [0.15, 0.2) is 0 Å². The van der Waals surface area contributed by atoms with E-state index in [1.54, 1.807) is 6.07 Å². The standard InChI is InChI=1S/C11H13F3O.C2H6/c1-7(2)8-4-9(11(12,13)14)6-10(5-8)15-3;1-2/h4-7H,1-3H3;1-2H3. The second-order valence-electron chi connectivity index (χ2n) is 3.65. The van der Waals surface area contributed by atoms with Gasteiger partial charge in [-0.15, -0.1) is 0 Å². The molecule has 0 unspecified atom stereocenters.